The van der Waals surface area contributed by atoms with Crippen molar-refractivity contribution in [3.63, 3.8) is 0 Å². The number of aromatic nitrogens is 22. The van der Waals surface area contributed by atoms with Gasteiger partial charge in [-0.05, 0) is 165 Å². The van der Waals surface area contributed by atoms with Crippen LogP contribution in [0.15, 0.2) is 288 Å². The second kappa shape index (κ2) is 37.9. The van der Waals surface area contributed by atoms with Crippen LogP contribution in [0, 0.1) is 6.92 Å². The number of hydrogen-bond acceptors (Lipinski definition) is 32. The zero-order chi connectivity index (χ0) is 96.3. The average molecular weight is 1880 g/mol. The molecule has 0 saturated heterocycles. The predicted molar refractivity (Wildman–Crippen MR) is 524 cm³/mol. The fourth-order valence-corrected chi connectivity index (χ4v) is 16.8. The van der Waals surface area contributed by atoms with Crippen LogP contribution in [0.2, 0.25) is 0 Å². The lowest BCUT2D eigenvalue weighted by Gasteiger charge is -2.20. The van der Waals surface area contributed by atoms with Crippen molar-refractivity contribution in [1.29, 1.82) is 0 Å². The number of ether oxygens (including phenoxy) is 5. The highest BCUT2D eigenvalue weighted by atomic mass is 16.5. The number of aryl methyl sites for hydroxylation is 1. The number of anilines is 10. The van der Waals surface area contributed by atoms with Crippen LogP contribution in [0.4, 0.5) is 57.5 Å². The molecule has 141 heavy (non-hydrogen) atoms. The summed E-state index contributed by atoms with van der Waals surface area (Å²) in [5.74, 6) is 3.42. The first-order chi connectivity index (χ1) is 69.0. The maximum atomic E-state index is 13.1. The Labute approximate surface area is 798 Å². The van der Waals surface area contributed by atoms with Crippen LogP contribution in [0.3, 0.4) is 0 Å². The molecular formula is C99H80N32O10. The largest absolute Gasteiger partial charge is 0.475 e. The minimum Gasteiger partial charge on any atom is -0.475 e. The van der Waals surface area contributed by atoms with Crippen molar-refractivity contribution in [1.82, 2.24) is 108 Å². The van der Waals surface area contributed by atoms with Crippen LogP contribution in [-0.2, 0) is 0 Å². The van der Waals surface area contributed by atoms with Gasteiger partial charge in [0.05, 0.1) is 84.9 Å². The number of nitrogen functional groups attached to an aromatic ring is 5. The van der Waals surface area contributed by atoms with E-state index in [0.29, 0.717) is 77.1 Å². The van der Waals surface area contributed by atoms with Crippen molar-refractivity contribution < 1.29 is 47.7 Å². The third kappa shape index (κ3) is 17.2. The van der Waals surface area contributed by atoms with Gasteiger partial charge >= 0.3 is 0 Å². The van der Waals surface area contributed by atoms with Gasteiger partial charge in [0.2, 0.25) is 29.4 Å². The number of benzene rings is 3. The Hall–Kier alpha value is -19.8. The Morgan fingerprint density at radius 2 is 0.511 bits per heavy atom. The van der Waals surface area contributed by atoms with E-state index in [0.717, 1.165) is 106 Å². The molecule has 3 aromatic carbocycles. The van der Waals surface area contributed by atoms with Gasteiger partial charge < -0.3 is 90.6 Å². The predicted octanol–water partition coefficient (Wildman–Crippen LogP) is 11.3. The number of carbonyl (C=O) groups excluding carboxylic acids is 5. The molecule has 42 heteroatoms. The molecule has 0 fully saturated rings. The number of fused-ring (bicyclic) bond motifs is 10. The molecule has 20 aromatic rings. The smallest absolute Gasteiger partial charge is 0.267 e. The normalized spacial score (nSPS) is 13.9. The van der Waals surface area contributed by atoms with Gasteiger partial charge in [0, 0.05) is 105 Å². The first-order valence-electron chi connectivity index (χ1n) is 44.1. The molecule has 5 aliphatic heterocycles. The first kappa shape index (κ1) is 87.8. The van der Waals surface area contributed by atoms with Gasteiger partial charge in [-0.2, -0.15) is 0 Å². The van der Waals surface area contributed by atoms with Crippen LogP contribution in [0.5, 0.6) is 29.4 Å². The SMILES string of the molecule is Cc1ccc(-n2ccc3cc(N4CCOc5ncnc(N)c5C4=O)ccc32)cn1.Nc1ncnc2c1C(=O)N(c1ccc3c(ccn3-c3ccccn3)c1)CCO2.Nc1ncnc2c1C(=O)N(c1ccc3c(ccn3-c3ccccn3)c1)CCO2.Nc1ncnc2c1C(=O)N(c1cnc3c(ccn3-c3ccccn3)c1)CCO2.Nc1ncnc2c1C(=O)N(c1cnc3c(ccn3-c3ccccn3)c1)CCO2. The summed E-state index contributed by atoms with van der Waals surface area (Å²) in [5, 5.41) is 4.79. The molecule has 0 spiro atoms. The maximum absolute atomic E-state index is 13.1. The van der Waals surface area contributed by atoms with Gasteiger partial charge in [-0.1, -0.05) is 24.3 Å². The van der Waals surface area contributed by atoms with E-state index in [2.05, 4.69) is 89.3 Å². The minimum absolute atomic E-state index is 0.0947. The summed E-state index contributed by atoms with van der Waals surface area (Å²) in [6.07, 6.45) is 28.3. The summed E-state index contributed by atoms with van der Waals surface area (Å²) in [6.45, 7) is 5.39. The molecule has 0 unspecified atom stereocenters. The van der Waals surface area contributed by atoms with Gasteiger partial charge in [-0.15, -0.1) is 0 Å². The van der Waals surface area contributed by atoms with Crippen molar-refractivity contribution >= 4 is 142 Å². The van der Waals surface area contributed by atoms with E-state index in [9.17, 15) is 24.0 Å². The summed E-state index contributed by atoms with van der Waals surface area (Å²) < 4.78 is 37.8. The number of rotatable bonds is 10. The highest BCUT2D eigenvalue weighted by Crippen LogP contribution is 2.38. The number of hydrogen-bond donors (Lipinski definition) is 5. The number of nitrogens with two attached hydrogens (primary N) is 5. The van der Waals surface area contributed by atoms with E-state index >= 15 is 0 Å². The fourth-order valence-electron chi connectivity index (χ4n) is 16.8. The Bertz CT molecular complexity index is 7440. The second-order valence-electron chi connectivity index (χ2n) is 32.0. The van der Waals surface area contributed by atoms with E-state index in [-0.39, 0.29) is 116 Å². The molecule has 0 saturated carbocycles. The molecule has 5 amide bonds. The zero-order valence-electron chi connectivity index (χ0n) is 74.8. The van der Waals surface area contributed by atoms with Crippen LogP contribution < -0.4 is 76.9 Å². The van der Waals surface area contributed by atoms with E-state index in [1.165, 1.54) is 31.6 Å². The summed E-state index contributed by atoms with van der Waals surface area (Å²) >= 11 is 0. The molecule has 25 rings (SSSR count). The quantitative estimate of drug-likeness (QED) is 0.0849. The van der Waals surface area contributed by atoms with Gasteiger partial charge in [0.1, 0.15) is 156 Å². The molecule has 0 radical (unpaired) electrons. The summed E-state index contributed by atoms with van der Waals surface area (Å²) in [6, 6.07) is 58.2. The van der Waals surface area contributed by atoms with Crippen molar-refractivity contribution in [2.45, 2.75) is 6.92 Å². The molecule has 696 valence electrons. The lowest BCUT2D eigenvalue weighted by molar-refractivity contribution is 0.0982. The number of pyridine rings is 7. The summed E-state index contributed by atoms with van der Waals surface area (Å²) in [5.41, 5.74) is 40.6. The topological polar surface area (TPSA) is 522 Å². The van der Waals surface area contributed by atoms with Crippen molar-refractivity contribution in [3.8, 4) is 58.4 Å². The third-order valence-electron chi connectivity index (χ3n) is 23.6. The Kier molecular flexibility index (Phi) is 23.6. The molecular weight excluding hydrogens is 1800 g/mol. The van der Waals surface area contributed by atoms with Crippen LogP contribution in [-0.4, -0.2) is 203 Å². The fraction of sp³-hybridized carbons (Fsp3) is 0.111. The lowest BCUT2D eigenvalue weighted by Crippen LogP contribution is -2.32. The molecule has 0 aliphatic carbocycles. The highest BCUT2D eigenvalue weighted by Gasteiger charge is 2.36. The Balaban J connectivity index is 0.000000104. The van der Waals surface area contributed by atoms with E-state index in [4.69, 9.17) is 52.4 Å². The third-order valence-corrected chi connectivity index (χ3v) is 23.6. The van der Waals surface area contributed by atoms with Gasteiger partial charge in [-0.3, -0.25) is 38.1 Å². The first-order valence-corrected chi connectivity index (χ1v) is 44.1. The average Bonchev–Trinajstić information content (AvgIpc) is 1.66. The molecule has 0 bridgehead atoms. The molecule has 42 nitrogen and oxygen atoms in total. The molecule has 0 atom stereocenters. The van der Waals surface area contributed by atoms with Crippen LogP contribution in [0.1, 0.15) is 57.5 Å². The molecule has 17 aromatic heterocycles. The lowest BCUT2D eigenvalue weighted by atomic mass is 10.2. The second-order valence-corrected chi connectivity index (χ2v) is 32.0. The highest BCUT2D eigenvalue weighted by molar-refractivity contribution is 6.15. The number of nitrogens with zero attached hydrogens (tertiary/aromatic N) is 27. The Morgan fingerprint density at radius 3 is 0.809 bits per heavy atom. The summed E-state index contributed by atoms with van der Waals surface area (Å²) in [7, 11) is 0. The monoisotopic (exact) mass is 1880 g/mol. The van der Waals surface area contributed by atoms with Gasteiger partial charge in [-0.25, -0.2) is 79.7 Å². The zero-order valence-corrected chi connectivity index (χ0v) is 74.8. The summed E-state index contributed by atoms with van der Waals surface area (Å²) in [4.78, 5) is 144. The van der Waals surface area contributed by atoms with Gasteiger partial charge in [0.15, 0.2) is 0 Å². The van der Waals surface area contributed by atoms with E-state index in [1.807, 2.05) is 244 Å². The maximum Gasteiger partial charge on any atom is 0.267 e. The number of amides is 5. The van der Waals surface area contributed by atoms with Crippen molar-refractivity contribution in [2.75, 3.05) is 119 Å². The molecule has 5 aliphatic rings. The minimum atomic E-state index is -0.309. The van der Waals surface area contributed by atoms with E-state index in [1.54, 1.807) is 61.7 Å². The van der Waals surface area contributed by atoms with E-state index < -0.39 is 0 Å². The Morgan fingerprint density at radius 1 is 0.248 bits per heavy atom. The molecule has 22 heterocycles. The standard InChI is InChI=1S/C21H18N6O2.2C20H16N6O2.2C19H15N7O2/c1-13-2-3-16(11-23-13)26-7-6-14-10-15(4-5-17(14)26)27-8-9-29-20-18(21(27)28)19(22)24-12-25-20;2*21-18-17-19(24-12-23-18)28-10-9-25(20(17)27)14-4-5-15-13(11-14)6-8-26(15)16-3-1-2-7-22-16;2*20-16-15-18(24-11-23-16)28-8-7-25(19(15)27)13-9-12-4-6-26(17(12)22-10-13)14-3-1-2-5-21-14/h2-7,10-12H,8-9H2,1H3,(H2,22,24,25);2*1-8,11-12H,9-10H2,(H2,21,23,24);2*1-6,9-11H,7-8H2,(H2,20,23,24). The van der Waals surface area contributed by atoms with Crippen LogP contribution >= 0.6 is 0 Å². The molecule has 10 N–H and O–H groups in total. The van der Waals surface area contributed by atoms with Crippen molar-refractivity contribution in [3.05, 3.63) is 322 Å². The van der Waals surface area contributed by atoms with Crippen LogP contribution in [0.25, 0.3) is 83.7 Å². The van der Waals surface area contributed by atoms with Gasteiger partial charge in [0.25, 0.3) is 29.5 Å². The number of carbonyl (C=O) groups is 5. The van der Waals surface area contributed by atoms with Crippen molar-refractivity contribution in [2.24, 2.45) is 0 Å².